The van der Waals surface area contributed by atoms with Gasteiger partial charge in [-0.1, -0.05) is 41.4 Å². The maximum Gasteiger partial charge on any atom is 0.264 e. The largest absolute Gasteiger partial charge is 0.324 e. The van der Waals surface area contributed by atoms with E-state index in [0.717, 1.165) is 10.4 Å². The van der Waals surface area contributed by atoms with Gasteiger partial charge in [0.1, 0.15) is 12.4 Å². The number of sulfonamides is 1. The summed E-state index contributed by atoms with van der Waals surface area (Å²) < 4.78 is 40.6. The minimum absolute atomic E-state index is 0.0348. The highest BCUT2D eigenvalue weighted by Crippen LogP contribution is 2.25. The monoisotopic (exact) mass is 452 g/mol. The Balaban J connectivity index is 1.92. The lowest BCUT2D eigenvalue weighted by molar-refractivity contribution is -0.114. The molecule has 0 fully saturated rings. The van der Waals surface area contributed by atoms with E-state index in [4.69, 9.17) is 23.2 Å². The van der Waals surface area contributed by atoms with E-state index in [9.17, 15) is 17.6 Å². The Hall–Kier alpha value is -2.61. The molecule has 5 nitrogen and oxygen atoms in total. The van der Waals surface area contributed by atoms with Gasteiger partial charge in [-0.3, -0.25) is 9.10 Å². The standard InChI is InChI=1S/C20H15Cl2FN2O3S/c21-14-6-9-16(10-7-14)25(29(27,28)17-4-2-1-3-5-17)13-20(26)24-15-8-11-19(23)18(22)12-15/h1-12H,13H2,(H,24,26). The van der Waals surface area contributed by atoms with Crippen molar-refractivity contribution in [2.24, 2.45) is 0 Å². The predicted octanol–water partition coefficient (Wildman–Crippen LogP) is 4.97. The first-order valence-electron chi connectivity index (χ1n) is 8.35. The lowest BCUT2D eigenvalue weighted by Gasteiger charge is -2.24. The first-order valence-corrected chi connectivity index (χ1v) is 10.6. The van der Waals surface area contributed by atoms with Crippen molar-refractivity contribution in [3.8, 4) is 0 Å². The van der Waals surface area contributed by atoms with E-state index in [0.29, 0.717) is 5.02 Å². The topological polar surface area (TPSA) is 66.5 Å². The molecular formula is C20H15Cl2FN2O3S. The van der Waals surface area contributed by atoms with Gasteiger partial charge in [0.25, 0.3) is 10.0 Å². The fourth-order valence-corrected chi connectivity index (χ4v) is 4.30. The van der Waals surface area contributed by atoms with Gasteiger partial charge in [-0.05, 0) is 54.6 Å². The number of nitrogens with zero attached hydrogens (tertiary/aromatic N) is 1. The molecule has 0 saturated carbocycles. The van der Waals surface area contributed by atoms with Crippen LogP contribution in [-0.2, 0) is 14.8 Å². The molecule has 3 aromatic carbocycles. The number of anilines is 2. The number of benzene rings is 3. The molecule has 3 aromatic rings. The Bertz CT molecular complexity index is 1120. The summed E-state index contributed by atoms with van der Waals surface area (Å²) in [6.07, 6.45) is 0. The fourth-order valence-electron chi connectivity index (χ4n) is 2.55. The number of carbonyl (C=O) groups excluding carboxylic acids is 1. The van der Waals surface area contributed by atoms with Gasteiger partial charge >= 0.3 is 0 Å². The van der Waals surface area contributed by atoms with Crippen molar-refractivity contribution in [1.82, 2.24) is 0 Å². The predicted molar refractivity (Wildman–Crippen MR) is 112 cm³/mol. The molecule has 3 rings (SSSR count). The van der Waals surface area contributed by atoms with E-state index in [-0.39, 0.29) is 21.3 Å². The number of carbonyl (C=O) groups is 1. The molecule has 29 heavy (non-hydrogen) atoms. The first-order chi connectivity index (χ1) is 13.8. The molecule has 0 bridgehead atoms. The highest BCUT2D eigenvalue weighted by molar-refractivity contribution is 7.92. The molecule has 0 aliphatic rings. The Morgan fingerprint density at radius 3 is 2.24 bits per heavy atom. The second-order valence-electron chi connectivity index (χ2n) is 5.98. The molecule has 0 saturated heterocycles. The van der Waals surface area contributed by atoms with Crippen LogP contribution in [0.15, 0.2) is 77.7 Å². The highest BCUT2D eigenvalue weighted by atomic mass is 35.5. The van der Waals surface area contributed by atoms with Gasteiger partial charge in [0.15, 0.2) is 0 Å². The molecule has 150 valence electrons. The van der Waals surface area contributed by atoms with Gasteiger partial charge in [-0.2, -0.15) is 0 Å². The molecule has 0 aromatic heterocycles. The summed E-state index contributed by atoms with van der Waals surface area (Å²) in [5.74, 6) is -1.25. The van der Waals surface area contributed by atoms with Crippen LogP contribution in [0.25, 0.3) is 0 Å². The van der Waals surface area contributed by atoms with Crippen LogP contribution in [-0.4, -0.2) is 20.9 Å². The highest BCUT2D eigenvalue weighted by Gasteiger charge is 2.27. The second kappa shape index (κ2) is 8.82. The minimum atomic E-state index is -4.03. The molecular weight excluding hydrogens is 438 g/mol. The molecule has 0 radical (unpaired) electrons. The summed E-state index contributed by atoms with van der Waals surface area (Å²) >= 11 is 11.6. The Kier molecular flexibility index (Phi) is 6.42. The maximum atomic E-state index is 13.3. The van der Waals surface area contributed by atoms with E-state index < -0.39 is 28.3 Å². The molecule has 1 N–H and O–H groups in total. The zero-order valence-corrected chi connectivity index (χ0v) is 17.2. The molecule has 0 atom stereocenters. The summed E-state index contributed by atoms with van der Waals surface area (Å²) in [6.45, 7) is -0.506. The summed E-state index contributed by atoms with van der Waals surface area (Å²) in [5.41, 5.74) is 0.514. The van der Waals surface area contributed by atoms with Crippen molar-refractivity contribution < 1.29 is 17.6 Å². The van der Waals surface area contributed by atoms with Gasteiger partial charge in [0.05, 0.1) is 15.6 Å². The summed E-state index contributed by atoms with van der Waals surface area (Å²) in [7, 11) is -4.03. The fraction of sp³-hybridized carbons (Fsp3) is 0.0500. The number of nitrogens with one attached hydrogen (secondary N) is 1. The van der Waals surface area contributed by atoms with E-state index >= 15 is 0 Å². The molecule has 0 aliphatic heterocycles. The molecule has 1 amide bonds. The number of hydrogen-bond acceptors (Lipinski definition) is 3. The van der Waals surface area contributed by atoms with Crippen LogP contribution < -0.4 is 9.62 Å². The van der Waals surface area contributed by atoms with Gasteiger partial charge in [0.2, 0.25) is 5.91 Å². The van der Waals surface area contributed by atoms with E-state index in [2.05, 4.69) is 5.32 Å². The van der Waals surface area contributed by atoms with Crippen LogP contribution >= 0.6 is 23.2 Å². The van der Waals surface area contributed by atoms with Crippen molar-refractivity contribution in [3.05, 3.63) is 88.7 Å². The molecule has 9 heteroatoms. The second-order valence-corrected chi connectivity index (χ2v) is 8.68. The lowest BCUT2D eigenvalue weighted by Crippen LogP contribution is -2.38. The van der Waals surface area contributed by atoms with Crippen LogP contribution in [0.1, 0.15) is 0 Å². The number of rotatable bonds is 6. The lowest BCUT2D eigenvalue weighted by atomic mass is 10.3. The van der Waals surface area contributed by atoms with Crippen molar-refractivity contribution in [2.45, 2.75) is 4.90 Å². The number of halogens is 3. The summed E-state index contributed by atoms with van der Waals surface area (Å²) in [6, 6.07) is 17.5. The number of hydrogen-bond donors (Lipinski definition) is 1. The average Bonchev–Trinajstić information content (AvgIpc) is 2.70. The number of amides is 1. The van der Waals surface area contributed by atoms with Crippen LogP contribution in [0, 0.1) is 5.82 Å². The van der Waals surface area contributed by atoms with E-state index in [1.807, 2.05) is 0 Å². The molecule has 0 heterocycles. The first kappa shape index (κ1) is 21.1. The SMILES string of the molecule is O=C(CN(c1ccc(Cl)cc1)S(=O)(=O)c1ccccc1)Nc1ccc(F)c(Cl)c1. The van der Waals surface area contributed by atoms with Crippen molar-refractivity contribution in [1.29, 1.82) is 0 Å². The normalized spacial score (nSPS) is 11.1. The maximum absolute atomic E-state index is 13.3. The third kappa shape index (κ3) is 5.06. The van der Waals surface area contributed by atoms with Crippen LogP contribution in [0.4, 0.5) is 15.8 Å². The Morgan fingerprint density at radius 2 is 1.62 bits per heavy atom. The summed E-state index contributed by atoms with van der Waals surface area (Å²) in [4.78, 5) is 12.6. The van der Waals surface area contributed by atoms with E-state index in [1.54, 1.807) is 18.2 Å². The Labute approximate surface area is 177 Å². The quantitative estimate of drug-likeness (QED) is 0.574. The third-order valence-corrected chi connectivity index (χ3v) is 6.27. The molecule has 0 unspecified atom stereocenters. The van der Waals surface area contributed by atoms with Crippen molar-refractivity contribution in [2.75, 3.05) is 16.2 Å². The van der Waals surface area contributed by atoms with Gasteiger partial charge < -0.3 is 5.32 Å². The van der Waals surface area contributed by atoms with Crippen LogP contribution in [0.2, 0.25) is 10.0 Å². The molecule has 0 aliphatic carbocycles. The van der Waals surface area contributed by atoms with Crippen LogP contribution in [0.5, 0.6) is 0 Å². The van der Waals surface area contributed by atoms with Crippen LogP contribution in [0.3, 0.4) is 0 Å². The van der Waals surface area contributed by atoms with E-state index in [1.165, 1.54) is 48.5 Å². The zero-order chi connectivity index (χ0) is 21.0. The Morgan fingerprint density at radius 1 is 0.966 bits per heavy atom. The van der Waals surface area contributed by atoms with Gasteiger partial charge in [-0.25, -0.2) is 12.8 Å². The van der Waals surface area contributed by atoms with Gasteiger partial charge in [-0.15, -0.1) is 0 Å². The average molecular weight is 453 g/mol. The molecule has 0 spiro atoms. The summed E-state index contributed by atoms with van der Waals surface area (Å²) in [5, 5.41) is 2.79. The van der Waals surface area contributed by atoms with Crippen molar-refractivity contribution >= 4 is 50.5 Å². The minimum Gasteiger partial charge on any atom is -0.324 e. The van der Waals surface area contributed by atoms with Gasteiger partial charge in [0, 0.05) is 10.7 Å². The van der Waals surface area contributed by atoms with Crippen molar-refractivity contribution in [3.63, 3.8) is 0 Å². The smallest absolute Gasteiger partial charge is 0.264 e. The zero-order valence-electron chi connectivity index (χ0n) is 14.8. The third-order valence-electron chi connectivity index (χ3n) is 3.94.